The van der Waals surface area contributed by atoms with Crippen LogP contribution in [0.25, 0.3) is 0 Å². The van der Waals surface area contributed by atoms with Crippen LogP contribution in [-0.2, 0) is 0 Å². The van der Waals surface area contributed by atoms with Gasteiger partial charge in [0.05, 0.1) is 18.1 Å². The first kappa shape index (κ1) is 11.2. The monoisotopic (exact) mass is 231 g/mol. The van der Waals surface area contributed by atoms with Crippen molar-refractivity contribution < 1.29 is 9.21 Å². The summed E-state index contributed by atoms with van der Waals surface area (Å²) in [4.78, 5) is 17.6. The van der Waals surface area contributed by atoms with Gasteiger partial charge in [0.1, 0.15) is 5.82 Å². The number of hydrogen-bond acceptors (Lipinski definition) is 4. The number of carbonyl (C=O) groups is 1. The van der Waals surface area contributed by atoms with E-state index < -0.39 is 0 Å². The molecule has 0 bridgehead atoms. The molecule has 17 heavy (non-hydrogen) atoms. The first-order valence-electron chi connectivity index (χ1n) is 5.17. The van der Waals surface area contributed by atoms with E-state index in [1.165, 1.54) is 11.2 Å². The molecule has 0 aliphatic rings. The van der Waals surface area contributed by atoms with Gasteiger partial charge in [-0.1, -0.05) is 0 Å². The van der Waals surface area contributed by atoms with Crippen LogP contribution >= 0.6 is 0 Å². The third kappa shape index (κ3) is 2.28. The quantitative estimate of drug-likeness (QED) is 0.877. The smallest absolute Gasteiger partial charge is 0.293 e. The SMILES string of the molecule is CNc1ccc(N(C)C(=O)c2ccco2)cn1. The highest BCUT2D eigenvalue weighted by Crippen LogP contribution is 2.16. The standard InChI is InChI=1S/C12H13N3O2/c1-13-11-6-5-9(8-14-11)15(2)12(16)10-4-3-7-17-10/h3-8H,1-2H3,(H,13,14). The molecule has 1 N–H and O–H groups in total. The summed E-state index contributed by atoms with van der Waals surface area (Å²) in [6.45, 7) is 0. The maximum Gasteiger partial charge on any atom is 0.293 e. The van der Waals surface area contributed by atoms with Crippen molar-refractivity contribution >= 4 is 17.4 Å². The zero-order chi connectivity index (χ0) is 12.3. The van der Waals surface area contributed by atoms with Crippen LogP contribution in [0.4, 0.5) is 11.5 Å². The molecule has 88 valence electrons. The maximum absolute atomic E-state index is 11.9. The van der Waals surface area contributed by atoms with Crippen LogP contribution in [0.3, 0.4) is 0 Å². The van der Waals surface area contributed by atoms with Crippen LogP contribution in [0.15, 0.2) is 41.1 Å². The molecular formula is C12H13N3O2. The second-order valence-corrected chi connectivity index (χ2v) is 3.49. The van der Waals surface area contributed by atoms with E-state index in [-0.39, 0.29) is 5.91 Å². The number of aromatic nitrogens is 1. The normalized spacial score (nSPS) is 10.0. The molecule has 0 aliphatic heterocycles. The molecule has 0 spiro atoms. The van der Waals surface area contributed by atoms with E-state index in [1.807, 2.05) is 6.07 Å². The molecular weight excluding hydrogens is 218 g/mol. The third-order valence-corrected chi connectivity index (χ3v) is 2.43. The van der Waals surface area contributed by atoms with Gasteiger partial charge in [0.2, 0.25) is 0 Å². The molecule has 0 saturated carbocycles. The molecule has 5 heteroatoms. The van der Waals surface area contributed by atoms with Crippen molar-refractivity contribution in [2.75, 3.05) is 24.3 Å². The molecule has 0 radical (unpaired) electrons. The molecule has 2 rings (SSSR count). The van der Waals surface area contributed by atoms with Gasteiger partial charge in [-0.15, -0.1) is 0 Å². The Labute approximate surface area is 99.1 Å². The summed E-state index contributed by atoms with van der Waals surface area (Å²) in [5, 5.41) is 2.92. The highest BCUT2D eigenvalue weighted by atomic mass is 16.3. The molecule has 1 amide bonds. The first-order chi connectivity index (χ1) is 8.22. The molecule has 2 heterocycles. The van der Waals surface area contributed by atoms with Crippen molar-refractivity contribution in [1.29, 1.82) is 0 Å². The Morgan fingerprint density at radius 3 is 2.76 bits per heavy atom. The van der Waals surface area contributed by atoms with Crippen molar-refractivity contribution in [3.63, 3.8) is 0 Å². The lowest BCUT2D eigenvalue weighted by Crippen LogP contribution is -2.25. The minimum atomic E-state index is -0.200. The Bertz CT molecular complexity index is 491. The van der Waals surface area contributed by atoms with Crippen LogP contribution in [-0.4, -0.2) is 25.0 Å². The second kappa shape index (κ2) is 4.69. The fourth-order valence-electron chi connectivity index (χ4n) is 1.42. The van der Waals surface area contributed by atoms with Crippen molar-refractivity contribution in [2.45, 2.75) is 0 Å². The van der Waals surface area contributed by atoms with E-state index in [4.69, 9.17) is 4.42 Å². The van der Waals surface area contributed by atoms with E-state index >= 15 is 0 Å². The molecule has 0 saturated heterocycles. The molecule has 2 aromatic rings. The second-order valence-electron chi connectivity index (χ2n) is 3.49. The van der Waals surface area contributed by atoms with Crippen LogP contribution in [0.5, 0.6) is 0 Å². The Balaban J connectivity index is 2.19. The summed E-state index contributed by atoms with van der Waals surface area (Å²) < 4.78 is 5.06. The van der Waals surface area contributed by atoms with Crippen molar-refractivity contribution in [3.05, 3.63) is 42.5 Å². The number of carbonyl (C=O) groups excluding carboxylic acids is 1. The molecule has 0 aliphatic carbocycles. The van der Waals surface area contributed by atoms with Gasteiger partial charge in [-0.05, 0) is 24.3 Å². The summed E-state index contributed by atoms with van der Waals surface area (Å²) in [5.41, 5.74) is 0.713. The molecule has 0 aromatic carbocycles. The number of nitrogens with zero attached hydrogens (tertiary/aromatic N) is 2. The molecule has 2 aromatic heterocycles. The molecule has 0 atom stereocenters. The predicted molar refractivity (Wildman–Crippen MR) is 65.2 cm³/mol. The highest BCUT2D eigenvalue weighted by molar-refractivity contribution is 6.03. The number of rotatable bonds is 3. The summed E-state index contributed by atoms with van der Waals surface area (Å²) in [5.74, 6) is 0.867. The fourth-order valence-corrected chi connectivity index (χ4v) is 1.42. The molecule has 5 nitrogen and oxygen atoms in total. The van der Waals surface area contributed by atoms with E-state index in [0.717, 1.165) is 5.82 Å². The van der Waals surface area contributed by atoms with Gasteiger partial charge in [0.15, 0.2) is 5.76 Å². The van der Waals surface area contributed by atoms with Crippen LogP contribution in [0.1, 0.15) is 10.6 Å². The van der Waals surface area contributed by atoms with Gasteiger partial charge in [0, 0.05) is 14.1 Å². The largest absolute Gasteiger partial charge is 0.459 e. The number of furan rings is 1. The fraction of sp³-hybridized carbons (Fsp3) is 0.167. The minimum Gasteiger partial charge on any atom is -0.459 e. The van der Waals surface area contributed by atoms with Gasteiger partial charge in [0.25, 0.3) is 5.91 Å². The number of anilines is 2. The summed E-state index contributed by atoms with van der Waals surface area (Å²) in [6, 6.07) is 6.94. The lowest BCUT2D eigenvalue weighted by atomic mass is 10.3. The van der Waals surface area contributed by atoms with E-state index in [0.29, 0.717) is 11.4 Å². The average molecular weight is 231 g/mol. The minimum absolute atomic E-state index is 0.200. The topological polar surface area (TPSA) is 58.4 Å². The predicted octanol–water partition coefficient (Wildman–Crippen LogP) is 1.99. The van der Waals surface area contributed by atoms with E-state index in [2.05, 4.69) is 10.3 Å². The third-order valence-electron chi connectivity index (χ3n) is 2.43. The van der Waals surface area contributed by atoms with Gasteiger partial charge >= 0.3 is 0 Å². The van der Waals surface area contributed by atoms with Crippen molar-refractivity contribution in [1.82, 2.24) is 4.98 Å². The van der Waals surface area contributed by atoms with Crippen molar-refractivity contribution in [3.8, 4) is 0 Å². The number of pyridine rings is 1. The molecule has 0 fully saturated rings. The number of hydrogen-bond donors (Lipinski definition) is 1. The summed E-state index contributed by atoms with van der Waals surface area (Å²) >= 11 is 0. The van der Waals surface area contributed by atoms with Gasteiger partial charge < -0.3 is 14.6 Å². The summed E-state index contributed by atoms with van der Waals surface area (Å²) in [7, 11) is 3.47. The Hall–Kier alpha value is -2.30. The maximum atomic E-state index is 11.9. The lowest BCUT2D eigenvalue weighted by molar-refractivity contribution is 0.0966. The summed E-state index contributed by atoms with van der Waals surface area (Å²) in [6.07, 6.45) is 3.11. The van der Waals surface area contributed by atoms with Gasteiger partial charge in [-0.25, -0.2) is 4.98 Å². The van der Waals surface area contributed by atoms with Gasteiger partial charge in [-0.3, -0.25) is 4.79 Å². The van der Waals surface area contributed by atoms with E-state index in [9.17, 15) is 4.79 Å². The first-order valence-corrected chi connectivity index (χ1v) is 5.17. The zero-order valence-electron chi connectivity index (χ0n) is 9.68. The average Bonchev–Trinajstić information content (AvgIpc) is 2.91. The lowest BCUT2D eigenvalue weighted by Gasteiger charge is -2.15. The van der Waals surface area contributed by atoms with E-state index in [1.54, 1.807) is 38.5 Å². The Morgan fingerprint density at radius 2 is 2.24 bits per heavy atom. The Kier molecular flexibility index (Phi) is 3.09. The highest BCUT2D eigenvalue weighted by Gasteiger charge is 2.15. The van der Waals surface area contributed by atoms with Crippen LogP contribution < -0.4 is 10.2 Å². The van der Waals surface area contributed by atoms with Crippen LogP contribution in [0.2, 0.25) is 0 Å². The van der Waals surface area contributed by atoms with Gasteiger partial charge in [-0.2, -0.15) is 0 Å². The number of nitrogens with one attached hydrogen (secondary N) is 1. The number of amides is 1. The van der Waals surface area contributed by atoms with Crippen LogP contribution in [0, 0.1) is 0 Å². The molecule has 0 unspecified atom stereocenters. The van der Waals surface area contributed by atoms with Crippen molar-refractivity contribution in [2.24, 2.45) is 0 Å². The Morgan fingerprint density at radius 1 is 1.41 bits per heavy atom. The zero-order valence-corrected chi connectivity index (χ0v) is 9.68.